The quantitative estimate of drug-likeness (QED) is 0.631. The lowest BCUT2D eigenvalue weighted by molar-refractivity contribution is 0.0995. The van der Waals surface area contributed by atoms with Crippen LogP contribution in [0.15, 0.2) is 4.52 Å². The third-order valence-electron chi connectivity index (χ3n) is 1.11. The van der Waals surface area contributed by atoms with Crippen LogP contribution in [0.3, 0.4) is 0 Å². The lowest BCUT2D eigenvalue weighted by Crippen LogP contribution is -2.03. The highest BCUT2D eigenvalue weighted by atomic mass is 32.2. The summed E-state index contributed by atoms with van der Waals surface area (Å²) in [4.78, 5) is 7.95. The van der Waals surface area contributed by atoms with Crippen LogP contribution in [-0.2, 0) is 27.0 Å². The van der Waals surface area contributed by atoms with Gasteiger partial charge in [0.05, 0.1) is 0 Å². The van der Waals surface area contributed by atoms with Crippen molar-refractivity contribution in [3.05, 3.63) is 11.7 Å². The van der Waals surface area contributed by atoms with Gasteiger partial charge < -0.3 is 4.52 Å². The highest BCUT2D eigenvalue weighted by Gasteiger charge is 2.11. The van der Waals surface area contributed by atoms with E-state index in [2.05, 4.69) is 19.5 Å². The van der Waals surface area contributed by atoms with Crippen LogP contribution in [-0.4, -0.2) is 24.8 Å². The summed E-state index contributed by atoms with van der Waals surface area (Å²) in [5, 5.41) is 3.42. The largest absolute Gasteiger partial charge is 0.337 e. The minimum atomic E-state index is -3.14. The van der Waals surface area contributed by atoms with Gasteiger partial charge in [-0.15, -0.1) is 0 Å². The molecule has 7 nitrogen and oxygen atoms in total. The van der Waals surface area contributed by atoms with E-state index >= 15 is 0 Å². The molecule has 0 bridgehead atoms. The summed E-state index contributed by atoms with van der Waals surface area (Å²) < 4.78 is 26.2. The van der Waals surface area contributed by atoms with Gasteiger partial charge in [-0.3, -0.25) is 4.84 Å². The van der Waals surface area contributed by atoms with Gasteiger partial charge in [0, 0.05) is 6.26 Å². The topological polar surface area (TPSA) is 108 Å². The molecule has 0 radical (unpaired) electrons. The number of sulfone groups is 1. The zero-order valence-electron chi connectivity index (χ0n) is 6.93. The molecule has 8 heteroatoms. The van der Waals surface area contributed by atoms with Gasteiger partial charge in [-0.2, -0.15) is 4.98 Å². The molecule has 0 saturated heterocycles. The summed E-state index contributed by atoms with van der Waals surface area (Å²) in [6.07, 6.45) is 1.09. The number of rotatable bonds is 4. The highest BCUT2D eigenvalue weighted by molar-refractivity contribution is 7.89. The average molecular weight is 207 g/mol. The Morgan fingerprint density at radius 1 is 1.62 bits per heavy atom. The van der Waals surface area contributed by atoms with Crippen molar-refractivity contribution in [2.24, 2.45) is 5.90 Å². The van der Waals surface area contributed by atoms with E-state index in [-0.39, 0.29) is 24.1 Å². The Morgan fingerprint density at radius 2 is 2.31 bits per heavy atom. The standard InChI is InChI=1S/C5H9N3O4S/c1-13(9,10)3-4-7-5(2-11-6)12-8-4/h2-3,6H2,1H3. The molecule has 0 unspecified atom stereocenters. The van der Waals surface area contributed by atoms with Crippen molar-refractivity contribution >= 4 is 9.84 Å². The molecule has 0 saturated carbocycles. The van der Waals surface area contributed by atoms with Gasteiger partial charge in [0.15, 0.2) is 15.7 Å². The second-order valence-electron chi connectivity index (χ2n) is 2.49. The maximum atomic E-state index is 10.8. The van der Waals surface area contributed by atoms with Crippen molar-refractivity contribution in [3.8, 4) is 0 Å². The normalized spacial score (nSPS) is 11.8. The lowest BCUT2D eigenvalue weighted by Gasteiger charge is -1.88. The van der Waals surface area contributed by atoms with Crippen LogP contribution in [0.2, 0.25) is 0 Å². The number of hydrogen-bond acceptors (Lipinski definition) is 7. The fourth-order valence-corrected chi connectivity index (χ4v) is 1.30. The first-order valence-corrected chi connectivity index (χ1v) is 5.38. The molecular formula is C5H9N3O4S. The van der Waals surface area contributed by atoms with Crippen LogP contribution in [0, 0.1) is 0 Å². The molecule has 0 amide bonds. The van der Waals surface area contributed by atoms with Gasteiger partial charge in [-0.05, 0) is 0 Å². The SMILES string of the molecule is CS(=O)(=O)Cc1noc(CON)n1. The van der Waals surface area contributed by atoms with Crippen LogP contribution in [0.25, 0.3) is 0 Å². The molecule has 0 fully saturated rings. The van der Waals surface area contributed by atoms with Gasteiger partial charge in [0.1, 0.15) is 12.4 Å². The van der Waals surface area contributed by atoms with E-state index in [1.807, 2.05) is 0 Å². The van der Waals surface area contributed by atoms with Gasteiger partial charge in [-0.1, -0.05) is 5.16 Å². The zero-order chi connectivity index (χ0) is 9.90. The fourth-order valence-electron chi connectivity index (χ4n) is 0.713. The van der Waals surface area contributed by atoms with Crippen molar-refractivity contribution < 1.29 is 17.8 Å². The molecule has 1 aromatic rings. The molecule has 13 heavy (non-hydrogen) atoms. The van der Waals surface area contributed by atoms with E-state index in [1.165, 1.54) is 0 Å². The molecule has 0 aliphatic heterocycles. The van der Waals surface area contributed by atoms with E-state index in [0.29, 0.717) is 0 Å². The van der Waals surface area contributed by atoms with Gasteiger partial charge >= 0.3 is 0 Å². The van der Waals surface area contributed by atoms with E-state index in [1.54, 1.807) is 0 Å². The summed E-state index contributed by atoms with van der Waals surface area (Å²) >= 11 is 0. The zero-order valence-corrected chi connectivity index (χ0v) is 7.74. The van der Waals surface area contributed by atoms with Crippen LogP contribution < -0.4 is 5.90 Å². The molecule has 1 rings (SSSR count). The first-order valence-electron chi connectivity index (χ1n) is 3.32. The molecule has 1 aromatic heterocycles. The monoisotopic (exact) mass is 207 g/mol. The first kappa shape index (κ1) is 10.1. The summed E-state index contributed by atoms with van der Waals surface area (Å²) in [5.74, 6) is 4.76. The minimum absolute atomic E-state index is 0.0310. The van der Waals surface area contributed by atoms with Gasteiger partial charge in [-0.25, -0.2) is 14.3 Å². The van der Waals surface area contributed by atoms with E-state index in [4.69, 9.17) is 5.90 Å². The lowest BCUT2D eigenvalue weighted by atomic mass is 10.7. The maximum Gasteiger partial charge on any atom is 0.254 e. The predicted octanol–water partition coefficient (Wildman–Crippen LogP) is -0.996. The van der Waals surface area contributed by atoms with Crippen molar-refractivity contribution in [1.82, 2.24) is 10.1 Å². The fraction of sp³-hybridized carbons (Fsp3) is 0.600. The Morgan fingerprint density at radius 3 is 2.85 bits per heavy atom. The highest BCUT2D eigenvalue weighted by Crippen LogP contribution is 2.01. The van der Waals surface area contributed by atoms with E-state index in [9.17, 15) is 8.42 Å². The van der Waals surface area contributed by atoms with Crippen molar-refractivity contribution in [1.29, 1.82) is 0 Å². The van der Waals surface area contributed by atoms with Crippen LogP contribution in [0.4, 0.5) is 0 Å². The third kappa shape index (κ3) is 3.49. The molecule has 1 heterocycles. The summed E-state index contributed by atoms with van der Waals surface area (Å²) in [5.41, 5.74) is 0. The molecule has 0 aliphatic carbocycles. The maximum absolute atomic E-state index is 10.8. The van der Waals surface area contributed by atoms with Gasteiger partial charge in [0.25, 0.3) is 5.89 Å². The van der Waals surface area contributed by atoms with Crippen LogP contribution in [0.5, 0.6) is 0 Å². The van der Waals surface area contributed by atoms with Crippen LogP contribution >= 0.6 is 0 Å². The second-order valence-corrected chi connectivity index (χ2v) is 4.63. The van der Waals surface area contributed by atoms with Crippen molar-refractivity contribution in [2.75, 3.05) is 6.26 Å². The molecule has 2 N–H and O–H groups in total. The smallest absolute Gasteiger partial charge is 0.254 e. The predicted molar refractivity (Wildman–Crippen MR) is 41.8 cm³/mol. The average Bonchev–Trinajstić information content (AvgIpc) is 2.33. The number of nitrogens with zero attached hydrogens (tertiary/aromatic N) is 2. The summed E-state index contributed by atoms with van der Waals surface area (Å²) in [7, 11) is -3.14. The van der Waals surface area contributed by atoms with Crippen LogP contribution in [0.1, 0.15) is 11.7 Å². The Labute approximate surface area is 74.7 Å². The molecule has 0 atom stereocenters. The number of nitrogens with two attached hydrogens (primary N) is 1. The summed E-state index contributed by atoms with van der Waals surface area (Å²) in [6, 6.07) is 0. The first-order chi connectivity index (χ1) is 6.01. The molecule has 0 aliphatic rings. The Bertz CT molecular complexity index is 371. The Hall–Kier alpha value is -0.990. The molecular weight excluding hydrogens is 198 g/mol. The Kier molecular flexibility index (Phi) is 2.96. The minimum Gasteiger partial charge on any atom is -0.337 e. The third-order valence-corrected chi connectivity index (χ3v) is 1.89. The second kappa shape index (κ2) is 3.81. The molecule has 74 valence electrons. The van der Waals surface area contributed by atoms with Gasteiger partial charge in [0.2, 0.25) is 0 Å². The number of hydrogen-bond donors (Lipinski definition) is 1. The summed E-state index contributed by atoms with van der Waals surface area (Å²) in [6.45, 7) is -0.0310. The molecule has 0 spiro atoms. The number of aromatic nitrogens is 2. The van der Waals surface area contributed by atoms with Crippen molar-refractivity contribution in [3.63, 3.8) is 0 Å². The van der Waals surface area contributed by atoms with Crippen molar-refractivity contribution in [2.45, 2.75) is 12.4 Å². The van der Waals surface area contributed by atoms with E-state index in [0.717, 1.165) is 6.26 Å². The Balaban J connectivity index is 2.69. The van der Waals surface area contributed by atoms with E-state index < -0.39 is 9.84 Å². The molecule has 0 aromatic carbocycles.